The number of rotatable bonds is 2. The molecule has 0 spiro atoms. The summed E-state index contributed by atoms with van der Waals surface area (Å²) in [6.45, 7) is 0. The van der Waals surface area contributed by atoms with Gasteiger partial charge in [-0.15, -0.1) is 5.06 Å². The van der Waals surface area contributed by atoms with Crippen LogP contribution in [0, 0.1) is 3.77 Å². The second-order valence-electron chi connectivity index (χ2n) is 3.06. The van der Waals surface area contributed by atoms with Gasteiger partial charge in [0.05, 0.1) is 0 Å². The SMILES string of the molecule is O=C(ON1C(=O)CCC1=O)c1ccc(I)o1. The molecular formula is C9H6INO5. The predicted octanol–water partition coefficient (Wildman–Crippen LogP) is 1.10. The van der Waals surface area contributed by atoms with E-state index in [0.717, 1.165) is 0 Å². The number of imide groups is 1. The maximum absolute atomic E-state index is 11.4. The Bertz CT molecular complexity index is 450. The minimum Gasteiger partial charge on any atom is -0.443 e. The Hall–Kier alpha value is -1.38. The van der Waals surface area contributed by atoms with Crippen LogP contribution in [0.2, 0.25) is 0 Å². The second kappa shape index (κ2) is 4.24. The standard InChI is InChI=1S/C9H6INO5/c10-6-2-1-5(15-6)9(14)16-11-7(12)3-4-8(11)13/h1-2H,3-4H2. The first-order valence-electron chi connectivity index (χ1n) is 4.41. The summed E-state index contributed by atoms with van der Waals surface area (Å²) in [6, 6.07) is 2.99. The van der Waals surface area contributed by atoms with E-state index in [4.69, 9.17) is 4.42 Å². The molecule has 1 saturated heterocycles. The van der Waals surface area contributed by atoms with Gasteiger partial charge in [0.25, 0.3) is 11.8 Å². The molecular weight excluding hydrogens is 329 g/mol. The number of hydrogen-bond acceptors (Lipinski definition) is 5. The number of furan rings is 1. The summed E-state index contributed by atoms with van der Waals surface area (Å²) in [5.41, 5.74) is 0. The first kappa shape index (κ1) is 11.1. The molecule has 7 heteroatoms. The molecule has 1 aliphatic heterocycles. The van der Waals surface area contributed by atoms with Crippen molar-refractivity contribution in [3.63, 3.8) is 0 Å². The van der Waals surface area contributed by atoms with Crippen LogP contribution in [0.1, 0.15) is 23.4 Å². The molecule has 0 radical (unpaired) electrons. The van der Waals surface area contributed by atoms with Gasteiger partial charge in [-0.2, -0.15) is 0 Å². The fourth-order valence-electron chi connectivity index (χ4n) is 1.21. The van der Waals surface area contributed by atoms with Gasteiger partial charge in [0.15, 0.2) is 3.77 Å². The van der Waals surface area contributed by atoms with Gasteiger partial charge in [0.1, 0.15) is 0 Å². The van der Waals surface area contributed by atoms with Gasteiger partial charge in [-0.3, -0.25) is 9.59 Å². The Balaban J connectivity index is 2.08. The van der Waals surface area contributed by atoms with E-state index in [9.17, 15) is 14.4 Å². The van der Waals surface area contributed by atoms with Gasteiger partial charge in [-0.1, -0.05) is 0 Å². The summed E-state index contributed by atoms with van der Waals surface area (Å²) in [7, 11) is 0. The van der Waals surface area contributed by atoms with Crippen LogP contribution in [0.3, 0.4) is 0 Å². The van der Waals surface area contributed by atoms with Crippen molar-refractivity contribution in [2.24, 2.45) is 0 Å². The van der Waals surface area contributed by atoms with E-state index in [2.05, 4.69) is 4.84 Å². The van der Waals surface area contributed by atoms with Crippen LogP contribution in [0.5, 0.6) is 0 Å². The van der Waals surface area contributed by atoms with Crippen LogP contribution in [0.25, 0.3) is 0 Å². The molecule has 2 heterocycles. The highest BCUT2D eigenvalue weighted by atomic mass is 127. The Morgan fingerprint density at radius 1 is 1.31 bits per heavy atom. The number of hydrogen-bond donors (Lipinski definition) is 0. The van der Waals surface area contributed by atoms with E-state index >= 15 is 0 Å². The number of carbonyl (C=O) groups excluding carboxylic acids is 3. The topological polar surface area (TPSA) is 76.8 Å². The predicted molar refractivity (Wildman–Crippen MR) is 57.9 cm³/mol. The molecule has 84 valence electrons. The third-order valence-corrected chi connectivity index (χ3v) is 2.53. The van der Waals surface area contributed by atoms with Gasteiger partial charge in [-0.05, 0) is 34.7 Å². The highest BCUT2D eigenvalue weighted by Gasteiger charge is 2.33. The van der Waals surface area contributed by atoms with Crippen molar-refractivity contribution in [3.05, 3.63) is 21.7 Å². The Labute approximate surface area is 104 Å². The van der Waals surface area contributed by atoms with Gasteiger partial charge in [0, 0.05) is 12.8 Å². The Kier molecular flexibility index (Phi) is 2.95. The van der Waals surface area contributed by atoms with Crippen LogP contribution in [-0.4, -0.2) is 22.8 Å². The van der Waals surface area contributed by atoms with Crippen molar-refractivity contribution in [1.82, 2.24) is 5.06 Å². The van der Waals surface area contributed by atoms with Gasteiger partial charge >= 0.3 is 5.97 Å². The number of hydroxylamine groups is 2. The molecule has 1 aliphatic rings. The summed E-state index contributed by atoms with van der Waals surface area (Å²) >= 11 is 1.88. The Morgan fingerprint density at radius 3 is 2.44 bits per heavy atom. The van der Waals surface area contributed by atoms with Crippen LogP contribution in [0.4, 0.5) is 0 Å². The van der Waals surface area contributed by atoms with Crippen molar-refractivity contribution in [3.8, 4) is 0 Å². The number of nitrogens with zero attached hydrogens (tertiary/aromatic N) is 1. The molecule has 0 atom stereocenters. The maximum Gasteiger partial charge on any atom is 0.399 e. The Morgan fingerprint density at radius 2 is 1.94 bits per heavy atom. The normalized spacial score (nSPS) is 15.7. The summed E-state index contributed by atoms with van der Waals surface area (Å²) in [4.78, 5) is 38.4. The van der Waals surface area contributed by atoms with E-state index in [0.29, 0.717) is 8.83 Å². The fraction of sp³-hybridized carbons (Fsp3) is 0.222. The molecule has 2 amide bonds. The lowest BCUT2D eigenvalue weighted by molar-refractivity contribution is -0.173. The average molecular weight is 335 g/mol. The van der Waals surface area contributed by atoms with Crippen molar-refractivity contribution in [1.29, 1.82) is 0 Å². The summed E-state index contributed by atoms with van der Waals surface area (Å²) in [5.74, 6) is -1.93. The van der Waals surface area contributed by atoms with E-state index in [1.165, 1.54) is 6.07 Å². The fourth-order valence-corrected chi connectivity index (χ4v) is 1.63. The minimum atomic E-state index is -0.855. The third-order valence-electron chi connectivity index (χ3n) is 1.95. The molecule has 0 N–H and O–H groups in total. The van der Waals surface area contributed by atoms with Gasteiger partial charge in [-0.25, -0.2) is 4.79 Å². The lowest BCUT2D eigenvalue weighted by Crippen LogP contribution is -2.31. The summed E-state index contributed by atoms with van der Waals surface area (Å²) < 4.78 is 5.51. The van der Waals surface area contributed by atoms with Crippen molar-refractivity contribution in [2.45, 2.75) is 12.8 Å². The molecule has 0 aliphatic carbocycles. The lowest BCUT2D eigenvalue weighted by atomic mass is 10.4. The third kappa shape index (κ3) is 2.08. The molecule has 1 aromatic rings. The van der Waals surface area contributed by atoms with Crippen LogP contribution in [-0.2, 0) is 14.4 Å². The van der Waals surface area contributed by atoms with Crippen molar-refractivity contribution >= 4 is 40.4 Å². The van der Waals surface area contributed by atoms with Crippen molar-refractivity contribution < 1.29 is 23.6 Å². The molecule has 1 fully saturated rings. The minimum absolute atomic E-state index is 0.0445. The monoisotopic (exact) mass is 335 g/mol. The molecule has 0 saturated carbocycles. The maximum atomic E-state index is 11.4. The second-order valence-corrected chi connectivity index (χ2v) is 4.13. The average Bonchev–Trinajstić information content (AvgIpc) is 2.79. The van der Waals surface area contributed by atoms with E-state index in [1.807, 2.05) is 22.6 Å². The van der Waals surface area contributed by atoms with Crippen molar-refractivity contribution in [2.75, 3.05) is 0 Å². The molecule has 0 bridgehead atoms. The highest BCUT2D eigenvalue weighted by molar-refractivity contribution is 14.1. The molecule has 6 nitrogen and oxygen atoms in total. The molecule has 1 aromatic heterocycles. The summed E-state index contributed by atoms with van der Waals surface area (Å²) in [6.07, 6.45) is 0.142. The van der Waals surface area contributed by atoms with Gasteiger partial charge < -0.3 is 9.25 Å². The quantitative estimate of drug-likeness (QED) is 0.598. The molecule has 0 aromatic carbocycles. The van der Waals surface area contributed by atoms with Gasteiger partial charge in [0.2, 0.25) is 5.76 Å². The zero-order valence-corrected chi connectivity index (χ0v) is 10.1. The van der Waals surface area contributed by atoms with E-state index < -0.39 is 17.8 Å². The lowest BCUT2D eigenvalue weighted by Gasteiger charge is -2.10. The number of amides is 2. The first-order chi connectivity index (χ1) is 7.58. The zero-order valence-electron chi connectivity index (χ0n) is 7.94. The summed E-state index contributed by atoms with van der Waals surface area (Å²) in [5, 5.41) is 0.484. The number of halogens is 1. The first-order valence-corrected chi connectivity index (χ1v) is 5.49. The molecule has 16 heavy (non-hydrogen) atoms. The largest absolute Gasteiger partial charge is 0.443 e. The van der Waals surface area contributed by atoms with Crippen LogP contribution >= 0.6 is 22.6 Å². The van der Waals surface area contributed by atoms with Crippen LogP contribution < -0.4 is 0 Å². The van der Waals surface area contributed by atoms with Crippen LogP contribution in [0.15, 0.2) is 16.5 Å². The molecule has 0 unspecified atom stereocenters. The smallest absolute Gasteiger partial charge is 0.399 e. The molecule has 2 rings (SSSR count). The van der Waals surface area contributed by atoms with E-state index in [-0.39, 0.29) is 18.6 Å². The highest BCUT2D eigenvalue weighted by Crippen LogP contribution is 2.16. The van der Waals surface area contributed by atoms with E-state index in [1.54, 1.807) is 6.07 Å². The zero-order chi connectivity index (χ0) is 11.7. The number of carbonyl (C=O) groups is 3.